The highest BCUT2D eigenvalue weighted by Crippen LogP contribution is 2.23. The number of halogens is 1. The molecule has 5 heteroatoms. The van der Waals surface area contributed by atoms with Gasteiger partial charge in [0.2, 0.25) is 0 Å². The van der Waals surface area contributed by atoms with Gasteiger partial charge in [0, 0.05) is 16.4 Å². The number of carbonyl (C=O) groups is 1. The van der Waals surface area contributed by atoms with Crippen LogP contribution < -0.4 is 5.32 Å². The number of thiophene rings is 1. The van der Waals surface area contributed by atoms with Crippen LogP contribution in [0.5, 0.6) is 0 Å². The molecule has 0 saturated carbocycles. The van der Waals surface area contributed by atoms with E-state index in [0.29, 0.717) is 18.0 Å². The van der Waals surface area contributed by atoms with Gasteiger partial charge in [0.05, 0.1) is 19.6 Å². The van der Waals surface area contributed by atoms with Crippen molar-refractivity contribution in [2.24, 2.45) is 0 Å². The molecule has 1 aromatic heterocycles. The van der Waals surface area contributed by atoms with E-state index in [1.807, 2.05) is 41.8 Å². The maximum Gasteiger partial charge on any atom is 0.307 e. The molecule has 0 fully saturated rings. The van der Waals surface area contributed by atoms with E-state index in [2.05, 4.69) is 5.32 Å². The molecule has 1 atom stereocenters. The molecule has 0 saturated heterocycles. The van der Waals surface area contributed by atoms with Crippen LogP contribution in [0.2, 0.25) is 5.02 Å². The van der Waals surface area contributed by atoms with Crippen LogP contribution in [-0.2, 0) is 16.1 Å². The highest BCUT2D eigenvalue weighted by atomic mass is 35.5. The van der Waals surface area contributed by atoms with Crippen molar-refractivity contribution in [3.05, 3.63) is 57.2 Å². The molecular formula is C15H16ClNO2S. The maximum absolute atomic E-state index is 11.5. The largest absolute Gasteiger partial charge is 0.469 e. The lowest BCUT2D eigenvalue weighted by atomic mass is 10.1. The zero-order valence-electron chi connectivity index (χ0n) is 11.1. The lowest BCUT2D eigenvalue weighted by molar-refractivity contribution is -0.141. The predicted octanol–water partition coefficient (Wildman–Crippen LogP) is 3.80. The zero-order valence-corrected chi connectivity index (χ0v) is 12.7. The van der Waals surface area contributed by atoms with Gasteiger partial charge in [0.15, 0.2) is 0 Å². The van der Waals surface area contributed by atoms with Crippen LogP contribution in [0.4, 0.5) is 0 Å². The van der Waals surface area contributed by atoms with E-state index < -0.39 is 0 Å². The summed E-state index contributed by atoms with van der Waals surface area (Å²) in [4.78, 5) is 12.6. The van der Waals surface area contributed by atoms with Gasteiger partial charge in [-0.3, -0.25) is 4.79 Å². The summed E-state index contributed by atoms with van der Waals surface area (Å²) < 4.78 is 4.75. The predicted molar refractivity (Wildman–Crippen MR) is 82.0 cm³/mol. The normalized spacial score (nSPS) is 12.1. The standard InChI is InChI=1S/C15H16ClNO2S/c1-19-15(18)9-13(14-6-3-7-20-14)17-10-11-4-2-5-12(16)8-11/h2-8,13,17H,9-10H2,1H3. The summed E-state index contributed by atoms with van der Waals surface area (Å²) >= 11 is 7.59. The second-order valence-electron chi connectivity index (χ2n) is 4.36. The average molecular weight is 310 g/mol. The number of benzene rings is 1. The number of rotatable bonds is 6. The quantitative estimate of drug-likeness (QED) is 0.825. The number of carbonyl (C=O) groups excluding carboxylic acids is 1. The van der Waals surface area contributed by atoms with Crippen LogP contribution in [0.25, 0.3) is 0 Å². The van der Waals surface area contributed by atoms with Gasteiger partial charge in [-0.25, -0.2) is 0 Å². The van der Waals surface area contributed by atoms with Crippen LogP contribution in [0, 0.1) is 0 Å². The number of methoxy groups -OCH3 is 1. The summed E-state index contributed by atoms with van der Waals surface area (Å²) in [6.07, 6.45) is 0.317. The van der Waals surface area contributed by atoms with Gasteiger partial charge in [0.1, 0.15) is 0 Å². The third kappa shape index (κ3) is 4.34. The summed E-state index contributed by atoms with van der Waals surface area (Å²) in [5.41, 5.74) is 1.09. The van der Waals surface area contributed by atoms with Crippen molar-refractivity contribution in [3.8, 4) is 0 Å². The van der Waals surface area contributed by atoms with Gasteiger partial charge in [-0.2, -0.15) is 0 Å². The number of ether oxygens (including phenoxy) is 1. The zero-order chi connectivity index (χ0) is 14.4. The fourth-order valence-corrected chi connectivity index (χ4v) is 2.92. The fraction of sp³-hybridized carbons (Fsp3) is 0.267. The first-order chi connectivity index (χ1) is 9.69. The molecule has 20 heavy (non-hydrogen) atoms. The van der Waals surface area contributed by atoms with Crippen LogP contribution in [0.3, 0.4) is 0 Å². The van der Waals surface area contributed by atoms with Gasteiger partial charge in [-0.15, -0.1) is 11.3 Å². The Hall–Kier alpha value is -1.36. The first-order valence-corrected chi connectivity index (χ1v) is 7.53. The molecule has 0 spiro atoms. The molecule has 0 aliphatic rings. The number of nitrogens with one attached hydrogen (secondary N) is 1. The summed E-state index contributed by atoms with van der Waals surface area (Å²) in [6.45, 7) is 0.653. The van der Waals surface area contributed by atoms with Gasteiger partial charge in [0.25, 0.3) is 0 Å². The van der Waals surface area contributed by atoms with E-state index in [0.717, 1.165) is 10.4 Å². The number of esters is 1. The van der Waals surface area contributed by atoms with Gasteiger partial charge in [-0.1, -0.05) is 29.8 Å². The van der Waals surface area contributed by atoms with E-state index in [1.165, 1.54) is 7.11 Å². The van der Waals surface area contributed by atoms with E-state index in [9.17, 15) is 4.79 Å². The summed E-state index contributed by atoms with van der Waals surface area (Å²) in [5, 5.41) is 6.10. The minimum Gasteiger partial charge on any atom is -0.469 e. The lowest BCUT2D eigenvalue weighted by Gasteiger charge is -2.16. The van der Waals surface area contributed by atoms with Crippen molar-refractivity contribution in [1.82, 2.24) is 5.32 Å². The van der Waals surface area contributed by atoms with Crippen molar-refractivity contribution in [3.63, 3.8) is 0 Å². The molecule has 0 aliphatic heterocycles. The van der Waals surface area contributed by atoms with Crippen LogP contribution in [0.15, 0.2) is 41.8 Å². The van der Waals surface area contributed by atoms with Crippen molar-refractivity contribution in [1.29, 1.82) is 0 Å². The lowest BCUT2D eigenvalue weighted by Crippen LogP contribution is -2.23. The Balaban J connectivity index is 2.02. The Labute approximate surface area is 127 Å². The van der Waals surface area contributed by atoms with Crippen molar-refractivity contribution >= 4 is 28.9 Å². The minimum absolute atomic E-state index is 0.0403. The fourth-order valence-electron chi connectivity index (χ4n) is 1.90. The minimum atomic E-state index is -0.220. The molecule has 3 nitrogen and oxygen atoms in total. The third-order valence-electron chi connectivity index (χ3n) is 2.93. The molecule has 0 aliphatic carbocycles. The highest BCUT2D eigenvalue weighted by molar-refractivity contribution is 7.10. The summed E-state index contributed by atoms with van der Waals surface area (Å²) in [7, 11) is 1.41. The Morgan fingerprint density at radius 1 is 1.40 bits per heavy atom. The SMILES string of the molecule is COC(=O)CC(NCc1cccc(Cl)c1)c1cccs1. The Morgan fingerprint density at radius 3 is 2.90 bits per heavy atom. The van der Waals surface area contributed by atoms with Crippen LogP contribution in [-0.4, -0.2) is 13.1 Å². The monoisotopic (exact) mass is 309 g/mol. The number of hydrogen-bond acceptors (Lipinski definition) is 4. The molecule has 1 unspecified atom stereocenters. The molecule has 1 aromatic carbocycles. The summed E-state index contributed by atoms with van der Waals surface area (Å²) in [6, 6.07) is 11.6. The Bertz CT molecular complexity index is 557. The molecule has 1 heterocycles. The Morgan fingerprint density at radius 2 is 2.25 bits per heavy atom. The molecule has 0 amide bonds. The third-order valence-corrected chi connectivity index (χ3v) is 4.15. The van der Waals surface area contributed by atoms with Gasteiger partial charge in [-0.05, 0) is 29.1 Å². The van der Waals surface area contributed by atoms with E-state index in [4.69, 9.17) is 16.3 Å². The van der Waals surface area contributed by atoms with E-state index in [1.54, 1.807) is 11.3 Å². The van der Waals surface area contributed by atoms with Crippen molar-refractivity contribution in [2.45, 2.75) is 19.0 Å². The van der Waals surface area contributed by atoms with Gasteiger partial charge < -0.3 is 10.1 Å². The summed E-state index contributed by atoms with van der Waals surface area (Å²) in [5.74, 6) is -0.220. The van der Waals surface area contributed by atoms with Crippen molar-refractivity contribution in [2.75, 3.05) is 7.11 Å². The van der Waals surface area contributed by atoms with Crippen LogP contribution in [0.1, 0.15) is 22.9 Å². The first-order valence-electron chi connectivity index (χ1n) is 6.27. The molecule has 2 aromatic rings. The van der Waals surface area contributed by atoms with Crippen LogP contribution >= 0.6 is 22.9 Å². The van der Waals surface area contributed by atoms with Gasteiger partial charge >= 0.3 is 5.97 Å². The second kappa shape index (κ2) is 7.43. The first kappa shape index (κ1) is 15.0. The molecule has 0 radical (unpaired) electrons. The topological polar surface area (TPSA) is 38.3 Å². The number of hydrogen-bond donors (Lipinski definition) is 1. The van der Waals surface area contributed by atoms with Crippen molar-refractivity contribution < 1.29 is 9.53 Å². The Kier molecular flexibility index (Phi) is 5.59. The average Bonchev–Trinajstić information content (AvgIpc) is 2.97. The second-order valence-corrected chi connectivity index (χ2v) is 5.77. The molecule has 0 bridgehead atoms. The smallest absolute Gasteiger partial charge is 0.307 e. The maximum atomic E-state index is 11.5. The molecule has 1 N–H and O–H groups in total. The molecule has 2 rings (SSSR count). The molecule has 106 valence electrons. The highest BCUT2D eigenvalue weighted by Gasteiger charge is 2.16. The van der Waals surface area contributed by atoms with E-state index in [-0.39, 0.29) is 12.0 Å². The van der Waals surface area contributed by atoms with E-state index >= 15 is 0 Å². The molecular weight excluding hydrogens is 294 g/mol.